The van der Waals surface area contributed by atoms with Gasteiger partial charge in [0.15, 0.2) is 0 Å². The number of hydrogen-bond donors (Lipinski definition) is 1. The summed E-state index contributed by atoms with van der Waals surface area (Å²) in [4.78, 5) is 0. The zero-order chi connectivity index (χ0) is 10.3. The van der Waals surface area contributed by atoms with Crippen LogP contribution in [0.5, 0.6) is 5.75 Å². The molecule has 14 heavy (non-hydrogen) atoms. The van der Waals surface area contributed by atoms with Crippen LogP contribution in [0.25, 0.3) is 0 Å². The van der Waals surface area contributed by atoms with E-state index in [2.05, 4.69) is 13.8 Å². The maximum absolute atomic E-state index is 10.4. The fourth-order valence-corrected chi connectivity index (χ4v) is 2.18. The fraction of sp³-hybridized carbons (Fsp3) is 0.500. The predicted molar refractivity (Wildman–Crippen MR) is 55.3 cm³/mol. The molecule has 1 aliphatic rings. The quantitative estimate of drug-likeness (QED) is 0.740. The fourth-order valence-electron chi connectivity index (χ4n) is 2.18. The molecule has 0 aromatic heterocycles. The molecule has 0 bridgehead atoms. The molecule has 1 N–H and O–H groups in total. The van der Waals surface area contributed by atoms with E-state index >= 15 is 0 Å². The zero-order valence-corrected chi connectivity index (χ0v) is 8.82. The normalized spacial score (nSPS) is 30.2. The summed E-state index contributed by atoms with van der Waals surface area (Å²) in [5.74, 6) is 1.12. The number of rotatable bonds is 1. The molecule has 2 atom stereocenters. The average Bonchev–Trinajstić information content (AvgIpc) is 2.39. The number of fused-ring (bicyclic) bond motifs is 1. The Bertz CT molecular complexity index is 342. The second-order valence-corrected chi connectivity index (χ2v) is 4.43. The number of para-hydroxylation sites is 1. The highest BCUT2D eigenvalue weighted by Crippen LogP contribution is 2.43. The molecule has 0 spiro atoms. The van der Waals surface area contributed by atoms with Crippen LogP contribution in [0.4, 0.5) is 0 Å². The highest BCUT2D eigenvalue weighted by atomic mass is 16.5. The van der Waals surface area contributed by atoms with Crippen LogP contribution in [-0.2, 0) is 5.60 Å². The van der Waals surface area contributed by atoms with E-state index in [0.717, 1.165) is 11.3 Å². The first-order chi connectivity index (χ1) is 6.53. The van der Waals surface area contributed by atoms with Crippen LogP contribution in [0.3, 0.4) is 0 Å². The number of aliphatic hydroxyl groups is 1. The third-order valence-electron chi connectivity index (χ3n) is 2.85. The molecule has 0 amide bonds. The molecule has 1 heterocycles. The van der Waals surface area contributed by atoms with Crippen molar-refractivity contribution in [2.24, 2.45) is 5.92 Å². The second kappa shape index (κ2) is 2.99. The van der Waals surface area contributed by atoms with Crippen molar-refractivity contribution in [3.8, 4) is 5.75 Å². The molecule has 0 radical (unpaired) electrons. The van der Waals surface area contributed by atoms with Gasteiger partial charge in [-0.3, -0.25) is 0 Å². The molecular formula is C12H16O2. The summed E-state index contributed by atoms with van der Waals surface area (Å²) in [6.07, 6.45) is -0.139. The lowest BCUT2D eigenvalue weighted by Gasteiger charge is -2.27. The molecule has 0 saturated carbocycles. The van der Waals surface area contributed by atoms with Crippen molar-refractivity contribution >= 4 is 0 Å². The highest BCUT2D eigenvalue weighted by Gasteiger charge is 2.44. The van der Waals surface area contributed by atoms with E-state index in [9.17, 15) is 5.11 Å². The summed E-state index contributed by atoms with van der Waals surface area (Å²) < 4.78 is 5.73. The van der Waals surface area contributed by atoms with Crippen LogP contribution in [0.15, 0.2) is 24.3 Å². The van der Waals surface area contributed by atoms with Gasteiger partial charge in [0.25, 0.3) is 0 Å². The topological polar surface area (TPSA) is 29.5 Å². The molecule has 0 unspecified atom stereocenters. The number of benzene rings is 1. The van der Waals surface area contributed by atoms with Gasteiger partial charge in [0.05, 0.1) is 0 Å². The van der Waals surface area contributed by atoms with Crippen molar-refractivity contribution in [3.63, 3.8) is 0 Å². The Morgan fingerprint density at radius 2 is 2.00 bits per heavy atom. The third-order valence-corrected chi connectivity index (χ3v) is 2.85. The highest BCUT2D eigenvalue weighted by molar-refractivity contribution is 5.42. The van der Waals surface area contributed by atoms with E-state index in [1.807, 2.05) is 31.2 Å². The van der Waals surface area contributed by atoms with Crippen molar-refractivity contribution in [2.45, 2.75) is 32.5 Å². The van der Waals surface area contributed by atoms with Crippen LogP contribution in [0.2, 0.25) is 0 Å². The molecule has 0 fully saturated rings. The molecule has 0 saturated heterocycles. The summed E-state index contributed by atoms with van der Waals surface area (Å²) in [6.45, 7) is 5.94. The van der Waals surface area contributed by atoms with Crippen molar-refractivity contribution in [2.75, 3.05) is 0 Å². The molecule has 1 aromatic carbocycles. The van der Waals surface area contributed by atoms with Crippen LogP contribution in [-0.4, -0.2) is 11.2 Å². The van der Waals surface area contributed by atoms with Gasteiger partial charge in [0.2, 0.25) is 0 Å². The molecular weight excluding hydrogens is 176 g/mol. The molecule has 1 aliphatic heterocycles. The monoisotopic (exact) mass is 192 g/mol. The van der Waals surface area contributed by atoms with Gasteiger partial charge in [-0.25, -0.2) is 0 Å². The van der Waals surface area contributed by atoms with E-state index in [1.165, 1.54) is 0 Å². The molecule has 2 nitrogen and oxygen atoms in total. The van der Waals surface area contributed by atoms with Crippen LogP contribution >= 0.6 is 0 Å². The Hall–Kier alpha value is -1.02. The Labute approximate surface area is 84.5 Å². The summed E-state index contributed by atoms with van der Waals surface area (Å²) in [6, 6.07) is 7.70. The van der Waals surface area contributed by atoms with E-state index in [1.54, 1.807) is 0 Å². The SMILES string of the molecule is CC(C)[C@H]1Oc2ccccc2[C@]1(C)O. The van der Waals surface area contributed by atoms with Gasteiger partial charge >= 0.3 is 0 Å². The Kier molecular flexibility index (Phi) is 2.04. The third kappa shape index (κ3) is 1.22. The van der Waals surface area contributed by atoms with Crippen LogP contribution in [0.1, 0.15) is 26.3 Å². The van der Waals surface area contributed by atoms with Crippen molar-refractivity contribution < 1.29 is 9.84 Å². The number of hydrogen-bond acceptors (Lipinski definition) is 2. The van der Waals surface area contributed by atoms with E-state index in [0.29, 0.717) is 5.92 Å². The first-order valence-corrected chi connectivity index (χ1v) is 5.02. The smallest absolute Gasteiger partial charge is 0.134 e. The molecule has 2 rings (SSSR count). The van der Waals surface area contributed by atoms with Crippen LogP contribution in [0, 0.1) is 5.92 Å². The number of ether oxygens (including phenoxy) is 1. The van der Waals surface area contributed by atoms with Gasteiger partial charge < -0.3 is 9.84 Å². The van der Waals surface area contributed by atoms with E-state index in [4.69, 9.17) is 4.74 Å². The predicted octanol–water partition coefficient (Wildman–Crippen LogP) is 2.31. The average molecular weight is 192 g/mol. The minimum Gasteiger partial charge on any atom is -0.486 e. The standard InChI is InChI=1S/C12H16O2/c1-8(2)11-12(3,13)9-6-4-5-7-10(9)14-11/h4-8,11,13H,1-3H3/t11-,12+/m1/s1. The molecule has 76 valence electrons. The lowest BCUT2D eigenvalue weighted by atomic mass is 9.86. The summed E-state index contributed by atoms with van der Waals surface area (Å²) in [7, 11) is 0. The Morgan fingerprint density at radius 1 is 1.36 bits per heavy atom. The van der Waals surface area contributed by atoms with Gasteiger partial charge in [-0.1, -0.05) is 32.0 Å². The zero-order valence-electron chi connectivity index (χ0n) is 8.82. The van der Waals surface area contributed by atoms with Crippen molar-refractivity contribution in [1.29, 1.82) is 0 Å². The minimum absolute atomic E-state index is 0.139. The molecule has 1 aromatic rings. The van der Waals surface area contributed by atoms with Gasteiger partial charge in [-0.2, -0.15) is 0 Å². The summed E-state index contributed by atoms with van der Waals surface area (Å²) in [5, 5.41) is 10.4. The molecule has 0 aliphatic carbocycles. The summed E-state index contributed by atoms with van der Waals surface area (Å²) >= 11 is 0. The van der Waals surface area contributed by atoms with Gasteiger partial charge in [0.1, 0.15) is 17.5 Å². The largest absolute Gasteiger partial charge is 0.486 e. The van der Waals surface area contributed by atoms with E-state index in [-0.39, 0.29) is 6.10 Å². The van der Waals surface area contributed by atoms with Crippen molar-refractivity contribution in [3.05, 3.63) is 29.8 Å². The van der Waals surface area contributed by atoms with E-state index < -0.39 is 5.60 Å². The van der Waals surface area contributed by atoms with Gasteiger partial charge in [-0.05, 0) is 18.9 Å². The van der Waals surface area contributed by atoms with Crippen LogP contribution < -0.4 is 4.74 Å². The molecule has 2 heteroatoms. The second-order valence-electron chi connectivity index (χ2n) is 4.43. The lowest BCUT2D eigenvalue weighted by Crippen LogP contribution is -2.38. The minimum atomic E-state index is -0.856. The van der Waals surface area contributed by atoms with Gasteiger partial charge in [0, 0.05) is 5.56 Å². The van der Waals surface area contributed by atoms with Gasteiger partial charge in [-0.15, -0.1) is 0 Å². The first kappa shape index (κ1) is 9.53. The Morgan fingerprint density at radius 3 is 2.57 bits per heavy atom. The first-order valence-electron chi connectivity index (χ1n) is 5.02. The summed E-state index contributed by atoms with van der Waals surface area (Å²) in [5.41, 5.74) is 0.0452. The maximum Gasteiger partial charge on any atom is 0.134 e. The Balaban J connectivity index is 2.45. The lowest BCUT2D eigenvalue weighted by molar-refractivity contribution is -0.0456. The maximum atomic E-state index is 10.4. The van der Waals surface area contributed by atoms with Crippen molar-refractivity contribution in [1.82, 2.24) is 0 Å².